The molecule has 1 heterocycles. The molecule has 1 aromatic heterocycles. The summed E-state index contributed by atoms with van der Waals surface area (Å²) >= 11 is 0. The van der Waals surface area contributed by atoms with Gasteiger partial charge >= 0.3 is 0 Å². The van der Waals surface area contributed by atoms with E-state index in [4.69, 9.17) is 4.98 Å². The van der Waals surface area contributed by atoms with Crippen LogP contribution in [0.5, 0.6) is 0 Å². The molecular weight excluding hydrogens is 689 g/mol. The summed E-state index contributed by atoms with van der Waals surface area (Å²) in [6.45, 7) is 15.8. The fourth-order valence-corrected chi connectivity index (χ4v) is 5.38. The molecule has 0 bridgehead atoms. The van der Waals surface area contributed by atoms with Crippen molar-refractivity contribution < 1.29 is 24.7 Å². The minimum Gasteiger partial charge on any atom is -0.373 e. The zero-order valence-corrected chi connectivity index (χ0v) is 28.7. The van der Waals surface area contributed by atoms with Crippen LogP contribution < -0.4 is 9.55 Å². The summed E-state index contributed by atoms with van der Waals surface area (Å²) in [6, 6.07) is 34.9. The molecule has 2 nitrogen and oxygen atoms in total. The van der Waals surface area contributed by atoms with E-state index in [1.165, 1.54) is 44.5 Å². The van der Waals surface area contributed by atoms with E-state index in [-0.39, 0.29) is 30.9 Å². The molecule has 0 aliphatic heterocycles. The Kier molecular flexibility index (Phi) is 9.45. The summed E-state index contributed by atoms with van der Waals surface area (Å²) in [7, 11) is 2.07. The Hall–Kier alpha value is -3.26. The third-order valence-electron chi connectivity index (χ3n) is 7.91. The van der Waals surface area contributed by atoms with Crippen LogP contribution >= 0.6 is 0 Å². The Labute approximate surface area is 266 Å². The quantitative estimate of drug-likeness (QED) is 0.126. The summed E-state index contributed by atoms with van der Waals surface area (Å²) < 4.78 is 2.12. The van der Waals surface area contributed by atoms with Gasteiger partial charge in [0.2, 0.25) is 0 Å². The van der Waals surface area contributed by atoms with Gasteiger partial charge in [-0.2, -0.15) is 0 Å². The molecule has 0 aliphatic carbocycles. The molecule has 0 amide bonds. The van der Waals surface area contributed by atoms with Crippen LogP contribution in [0.15, 0.2) is 91.1 Å². The number of aromatic nitrogens is 2. The number of aryl methyl sites for hydroxylation is 2. The third-order valence-corrected chi connectivity index (χ3v) is 7.91. The van der Waals surface area contributed by atoms with Gasteiger partial charge in [0.05, 0.1) is 5.82 Å². The van der Waals surface area contributed by atoms with E-state index in [1.54, 1.807) is 0 Å². The van der Waals surface area contributed by atoms with E-state index in [0.29, 0.717) is 0 Å². The molecule has 3 heteroatoms. The minimum absolute atomic E-state index is 0. The van der Waals surface area contributed by atoms with Crippen molar-refractivity contribution in [2.75, 3.05) is 0 Å². The Balaban J connectivity index is 0.00000405. The fourth-order valence-electron chi connectivity index (χ4n) is 5.38. The predicted molar refractivity (Wildman–Crippen MR) is 173 cm³/mol. The van der Waals surface area contributed by atoms with Crippen molar-refractivity contribution in [1.82, 2.24) is 4.98 Å². The van der Waals surface area contributed by atoms with Crippen LogP contribution in [-0.2, 0) is 44.4 Å². The maximum atomic E-state index is 4.92. The average Bonchev–Trinajstić information content (AvgIpc) is 3.32. The smallest absolute Gasteiger partial charge is 0.0559 e. The zero-order valence-electron chi connectivity index (χ0n) is 26.3. The van der Waals surface area contributed by atoms with Crippen LogP contribution in [0.3, 0.4) is 0 Å². The fraction of sp³-hybridized carbons (Fsp3) is 0.308. The molecule has 5 rings (SSSR count). The van der Waals surface area contributed by atoms with E-state index >= 15 is 0 Å². The van der Waals surface area contributed by atoms with Crippen LogP contribution in [0.25, 0.3) is 44.8 Å². The summed E-state index contributed by atoms with van der Waals surface area (Å²) in [5.41, 5.74) is 12.3. The second kappa shape index (κ2) is 12.5. The Morgan fingerprint density at radius 2 is 1.12 bits per heavy atom. The predicted octanol–water partition coefficient (Wildman–Crippen LogP) is 9.48. The molecule has 0 saturated carbocycles. The van der Waals surface area contributed by atoms with E-state index < -0.39 is 0 Å². The zero-order chi connectivity index (χ0) is 29.4. The molecule has 0 atom stereocenters. The minimum atomic E-state index is 0. The van der Waals surface area contributed by atoms with Crippen molar-refractivity contribution in [3.8, 4) is 44.8 Å². The van der Waals surface area contributed by atoms with Gasteiger partial charge in [0.25, 0.3) is 0 Å². The summed E-state index contributed by atoms with van der Waals surface area (Å²) in [4.78, 5) is 4.92. The first kappa shape index (κ1) is 31.7. The number of rotatable bonds is 6. The molecule has 0 spiro atoms. The first-order chi connectivity index (χ1) is 19.4. The van der Waals surface area contributed by atoms with Gasteiger partial charge in [0, 0.05) is 39.0 Å². The largest absolute Gasteiger partial charge is 0.373 e. The van der Waals surface area contributed by atoms with Gasteiger partial charge in [-0.25, -0.2) is 0 Å². The molecule has 4 aromatic carbocycles. The average molecular weight is 732 g/mol. The van der Waals surface area contributed by atoms with Crippen molar-refractivity contribution in [3.63, 3.8) is 0 Å². The number of hydrogen-bond donors (Lipinski definition) is 0. The molecule has 0 saturated heterocycles. The van der Waals surface area contributed by atoms with Crippen LogP contribution in [0.4, 0.5) is 0 Å². The Morgan fingerprint density at radius 1 is 0.643 bits per heavy atom. The molecular formula is C39H43IrN2-. The monoisotopic (exact) mass is 732 g/mol. The summed E-state index contributed by atoms with van der Waals surface area (Å²) in [5.74, 6) is 0.960. The van der Waals surface area contributed by atoms with Gasteiger partial charge < -0.3 is 4.57 Å². The molecule has 5 aromatic rings. The van der Waals surface area contributed by atoms with E-state index in [9.17, 15) is 0 Å². The SMILES string of the molecule is CCCc1c[n+](C)c(-c2[c-]ccc(-c3cc(-c4ccc(C(C)(C)C)cc4)cc(-c4ccc(C(C)(C)C)cc4)c3)c2)[n-]1.[Ir]. The molecule has 1 radical (unpaired) electrons. The molecule has 0 unspecified atom stereocenters. The van der Waals surface area contributed by atoms with Crippen molar-refractivity contribution in [2.24, 2.45) is 7.05 Å². The van der Waals surface area contributed by atoms with Gasteiger partial charge in [-0.15, -0.1) is 35.4 Å². The van der Waals surface area contributed by atoms with Gasteiger partial charge in [-0.05, 0) is 74.4 Å². The Bertz CT molecular complexity index is 1570. The summed E-state index contributed by atoms with van der Waals surface area (Å²) in [6.07, 6.45) is 4.21. The molecule has 219 valence electrons. The molecule has 42 heavy (non-hydrogen) atoms. The van der Waals surface area contributed by atoms with Crippen molar-refractivity contribution >= 4 is 0 Å². The number of hydrogen-bond acceptors (Lipinski definition) is 0. The number of imidazole rings is 1. The van der Waals surface area contributed by atoms with E-state index in [0.717, 1.165) is 29.9 Å². The third kappa shape index (κ3) is 7.02. The van der Waals surface area contributed by atoms with Gasteiger partial charge in [0.15, 0.2) is 0 Å². The maximum absolute atomic E-state index is 4.92. The normalized spacial score (nSPS) is 11.8. The topological polar surface area (TPSA) is 18.0 Å². The second-order valence-electron chi connectivity index (χ2n) is 13.4. The first-order valence-corrected chi connectivity index (χ1v) is 14.8. The second-order valence-corrected chi connectivity index (χ2v) is 13.4. The molecule has 0 fully saturated rings. The van der Waals surface area contributed by atoms with Crippen molar-refractivity contribution in [3.05, 3.63) is 114 Å². The Morgan fingerprint density at radius 3 is 1.57 bits per heavy atom. The van der Waals surface area contributed by atoms with E-state index in [2.05, 4.69) is 151 Å². The van der Waals surface area contributed by atoms with Crippen LogP contribution in [0, 0.1) is 6.07 Å². The molecule has 0 N–H and O–H groups in total. The van der Waals surface area contributed by atoms with Gasteiger partial charge in [0.1, 0.15) is 0 Å². The van der Waals surface area contributed by atoms with Gasteiger partial charge in [-0.1, -0.05) is 103 Å². The van der Waals surface area contributed by atoms with Crippen LogP contribution in [-0.4, -0.2) is 0 Å². The number of benzene rings is 4. The van der Waals surface area contributed by atoms with Crippen LogP contribution in [0.1, 0.15) is 71.7 Å². The van der Waals surface area contributed by atoms with Gasteiger partial charge in [-0.3, -0.25) is 4.98 Å². The number of nitrogens with zero attached hydrogens (tertiary/aromatic N) is 2. The van der Waals surface area contributed by atoms with E-state index in [1.807, 2.05) is 6.07 Å². The molecule has 0 aliphatic rings. The van der Waals surface area contributed by atoms with Crippen LogP contribution in [0.2, 0.25) is 0 Å². The van der Waals surface area contributed by atoms with Crippen molar-refractivity contribution in [2.45, 2.75) is 72.1 Å². The van der Waals surface area contributed by atoms with Crippen molar-refractivity contribution in [1.29, 1.82) is 0 Å². The summed E-state index contributed by atoms with van der Waals surface area (Å²) in [5, 5.41) is 0. The standard InChI is InChI=1S/C39H43N2.Ir/c1-9-11-36-26-41(8)37(40-36)30-13-10-12-29(22-30)33-24-31(27-14-18-34(19-15-27)38(2,3)4)23-32(25-33)28-16-20-35(21-17-28)39(5,6)7;/h10,12,14-26H,9,11H2,1-8H3;/q-1;. The first-order valence-electron chi connectivity index (χ1n) is 14.8. The maximum Gasteiger partial charge on any atom is 0.0559 e.